The van der Waals surface area contributed by atoms with Crippen LogP contribution in [0.25, 0.3) is 0 Å². The van der Waals surface area contributed by atoms with Gasteiger partial charge in [0.15, 0.2) is 5.60 Å². The molecule has 0 saturated carbocycles. The summed E-state index contributed by atoms with van der Waals surface area (Å²) in [6, 6.07) is 18.6. The van der Waals surface area contributed by atoms with Gasteiger partial charge < -0.3 is 38.7 Å². The second-order valence-corrected chi connectivity index (χ2v) is 19.8. The Morgan fingerprint density at radius 1 is 1.02 bits per heavy atom. The maximum Gasteiger partial charge on any atom is 0.264 e. The molecule has 3 N–H and O–H groups in total. The summed E-state index contributed by atoms with van der Waals surface area (Å²) < 4.78 is 36.5. The summed E-state index contributed by atoms with van der Waals surface area (Å²) in [6.45, 7) is 9.09. The van der Waals surface area contributed by atoms with Crippen LogP contribution in [0.5, 0.6) is 11.5 Å². The van der Waals surface area contributed by atoms with Crippen molar-refractivity contribution in [2.45, 2.75) is 95.4 Å². The van der Waals surface area contributed by atoms with Gasteiger partial charge >= 0.3 is 0 Å². The molecule has 1 fully saturated rings. The first kappa shape index (κ1) is 41.5. The molecule has 2 amide bonds. The Kier molecular flexibility index (Phi) is 12.4. The van der Waals surface area contributed by atoms with Crippen LogP contribution in [0.4, 0.5) is 21.2 Å². The van der Waals surface area contributed by atoms with E-state index in [2.05, 4.69) is 15.6 Å². The van der Waals surface area contributed by atoms with E-state index in [1.54, 1.807) is 40.9 Å². The molecule has 5 atom stereocenters. The lowest BCUT2D eigenvalue weighted by Gasteiger charge is -2.35. The number of aliphatic hydroxyl groups excluding tert-OH is 2. The molecule has 0 bridgehead atoms. The van der Waals surface area contributed by atoms with Gasteiger partial charge in [0, 0.05) is 55.1 Å². The molecule has 15 heteroatoms. The van der Waals surface area contributed by atoms with E-state index in [4.69, 9.17) is 14.2 Å². The fourth-order valence-corrected chi connectivity index (χ4v) is 11.7. The zero-order valence-electron chi connectivity index (χ0n) is 34.0. The Hall–Kier alpha value is -4.67. The standard InChI is InChI=1S/C43H55FN6O7Si/c1-6-56-34-14-15-37-30(23-34)24-36(45-19-7-8-21-51)41(53)50(37)32-11-9-29(10-12-32)26-49-38-16-13-33(55-3)25-35(38)43(42(49)54)28(2)40(58(4,5)44)39(57-43)17-20-48-27-31(18-22-52)46-47-48/h9-16,23,25,27-28,36,39-40,45,51-52H,6-8,17-22,24,26H2,1-5H3/t28-,36?,39+,40-,43+/m0/s1. The Bertz CT molecular complexity index is 2090. The number of amides is 2. The number of nitrogens with zero attached hydrogens (tertiary/aromatic N) is 5. The fraction of sp³-hybridized carbons (Fsp3) is 0.488. The normalized spacial score (nSPS) is 22.8. The van der Waals surface area contributed by atoms with Crippen LogP contribution >= 0.6 is 0 Å². The minimum Gasteiger partial charge on any atom is -0.497 e. The zero-order valence-corrected chi connectivity index (χ0v) is 35.0. The third-order valence-electron chi connectivity index (χ3n) is 11.8. The molecule has 0 radical (unpaired) electrons. The van der Waals surface area contributed by atoms with Crippen LogP contribution in [0.1, 0.15) is 55.5 Å². The minimum absolute atomic E-state index is 0.0338. The van der Waals surface area contributed by atoms with Crippen LogP contribution in [-0.4, -0.2) is 91.0 Å². The molecule has 4 heterocycles. The molecule has 0 aliphatic carbocycles. The Labute approximate surface area is 340 Å². The van der Waals surface area contributed by atoms with Gasteiger partial charge in [-0.1, -0.05) is 24.3 Å². The number of aromatic nitrogens is 3. The smallest absolute Gasteiger partial charge is 0.264 e. The van der Waals surface area contributed by atoms with Gasteiger partial charge in [0.2, 0.25) is 14.3 Å². The average molecular weight is 815 g/mol. The lowest BCUT2D eigenvalue weighted by molar-refractivity contribution is -0.146. The second-order valence-electron chi connectivity index (χ2n) is 16.0. The lowest BCUT2D eigenvalue weighted by Crippen LogP contribution is -2.49. The molecular weight excluding hydrogens is 760 g/mol. The number of nitrogens with one attached hydrogen (secondary N) is 1. The number of anilines is 3. The van der Waals surface area contributed by atoms with Crippen molar-refractivity contribution in [1.29, 1.82) is 0 Å². The molecule has 310 valence electrons. The highest BCUT2D eigenvalue weighted by Crippen LogP contribution is 2.60. The summed E-state index contributed by atoms with van der Waals surface area (Å²) in [7, 11) is -1.82. The number of unbranched alkanes of at least 4 members (excludes halogenated alkanes) is 1. The summed E-state index contributed by atoms with van der Waals surface area (Å²) in [5, 5.41) is 30.3. The highest BCUT2D eigenvalue weighted by atomic mass is 28.4. The van der Waals surface area contributed by atoms with E-state index in [9.17, 15) is 15.0 Å². The Morgan fingerprint density at radius 2 is 1.78 bits per heavy atom. The maximum atomic E-state index is 16.4. The number of ether oxygens (including phenoxy) is 3. The number of aliphatic hydroxyl groups is 2. The SMILES string of the molecule is CCOc1ccc2c(c1)CC(NCCCCO)C(=O)N2c1ccc(CN2C(=O)[C@]3(O[C@H](CCn4cc(CCO)nn4)[C@@H]([Si](C)(C)F)[C@@H]3C)c3cc(OC)ccc32)cc1. The van der Waals surface area contributed by atoms with Crippen molar-refractivity contribution >= 4 is 37.3 Å². The molecule has 1 unspecified atom stereocenters. The molecule has 4 aromatic rings. The number of methoxy groups -OCH3 is 1. The Balaban J connectivity index is 1.17. The van der Waals surface area contributed by atoms with E-state index < -0.39 is 37.6 Å². The zero-order chi connectivity index (χ0) is 41.2. The van der Waals surface area contributed by atoms with E-state index in [0.29, 0.717) is 73.8 Å². The molecule has 3 aromatic carbocycles. The van der Waals surface area contributed by atoms with Crippen molar-refractivity contribution in [3.05, 3.63) is 89.2 Å². The van der Waals surface area contributed by atoms with E-state index in [-0.39, 0.29) is 31.6 Å². The van der Waals surface area contributed by atoms with Gasteiger partial charge in [0.1, 0.15) is 11.5 Å². The monoisotopic (exact) mass is 814 g/mol. The van der Waals surface area contributed by atoms with Crippen LogP contribution in [0.2, 0.25) is 18.6 Å². The number of aryl methyl sites for hydroxylation is 1. The third kappa shape index (κ3) is 7.89. The summed E-state index contributed by atoms with van der Waals surface area (Å²) in [4.78, 5) is 32.6. The van der Waals surface area contributed by atoms with E-state index in [1.807, 2.05) is 74.5 Å². The van der Waals surface area contributed by atoms with Crippen molar-refractivity contribution in [2.75, 3.05) is 43.3 Å². The maximum absolute atomic E-state index is 16.4. The number of benzene rings is 3. The van der Waals surface area contributed by atoms with Crippen molar-refractivity contribution in [2.24, 2.45) is 5.92 Å². The van der Waals surface area contributed by atoms with Gasteiger partial charge in [0.25, 0.3) is 5.91 Å². The van der Waals surface area contributed by atoms with Crippen LogP contribution in [0.3, 0.4) is 0 Å². The van der Waals surface area contributed by atoms with Crippen LogP contribution in [0.15, 0.2) is 66.9 Å². The van der Waals surface area contributed by atoms with Gasteiger partial charge in [0.05, 0.1) is 49.5 Å². The largest absolute Gasteiger partial charge is 0.497 e. The van der Waals surface area contributed by atoms with Crippen molar-refractivity contribution in [1.82, 2.24) is 20.3 Å². The molecule has 58 heavy (non-hydrogen) atoms. The summed E-state index contributed by atoms with van der Waals surface area (Å²) in [5.74, 6) is 0.524. The predicted octanol–water partition coefficient (Wildman–Crippen LogP) is 5.58. The number of carbonyl (C=O) groups excluding carboxylic acids is 2. The number of halogens is 1. The van der Waals surface area contributed by atoms with Crippen molar-refractivity contribution in [3.8, 4) is 11.5 Å². The molecular formula is C43H55FN6O7Si. The van der Waals surface area contributed by atoms with Gasteiger partial charge in [-0.2, -0.15) is 0 Å². The predicted molar refractivity (Wildman–Crippen MR) is 221 cm³/mol. The average Bonchev–Trinajstić information content (AvgIpc) is 3.85. The molecule has 1 aromatic heterocycles. The lowest BCUT2D eigenvalue weighted by atomic mass is 9.82. The van der Waals surface area contributed by atoms with Crippen LogP contribution < -0.4 is 24.6 Å². The summed E-state index contributed by atoms with van der Waals surface area (Å²) >= 11 is 0. The van der Waals surface area contributed by atoms with Gasteiger partial charge in [-0.15, -0.1) is 5.10 Å². The molecule has 1 spiro atoms. The molecule has 7 rings (SSSR count). The second kappa shape index (κ2) is 17.3. The number of rotatable bonds is 17. The topological polar surface area (TPSA) is 152 Å². The molecule has 3 aliphatic heterocycles. The first-order chi connectivity index (χ1) is 27.9. The van der Waals surface area contributed by atoms with Gasteiger partial charge in [-0.25, -0.2) is 0 Å². The van der Waals surface area contributed by atoms with Gasteiger partial charge in [-0.05, 0) is 112 Å². The number of hydrogen-bond acceptors (Lipinski definition) is 10. The summed E-state index contributed by atoms with van der Waals surface area (Å²) in [5.41, 5.74) is 3.42. The fourth-order valence-electron chi connectivity index (χ4n) is 9.17. The number of hydrogen-bond donors (Lipinski definition) is 3. The quantitative estimate of drug-likeness (QED) is 0.0700. The molecule has 13 nitrogen and oxygen atoms in total. The van der Waals surface area contributed by atoms with E-state index >= 15 is 8.90 Å². The highest BCUT2D eigenvalue weighted by Gasteiger charge is 2.66. The van der Waals surface area contributed by atoms with E-state index in [1.165, 1.54) is 0 Å². The Morgan fingerprint density at radius 3 is 2.48 bits per heavy atom. The number of fused-ring (bicyclic) bond motifs is 3. The van der Waals surface area contributed by atoms with E-state index in [0.717, 1.165) is 29.0 Å². The van der Waals surface area contributed by atoms with Crippen LogP contribution in [-0.2, 0) is 45.9 Å². The minimum atomic E-state index is -3.40. The molecule has 1 saturated heterocycles. The molecule has 3 aliphatic rings. The van der Waals surface area contributed by atoms with Gasteiger partial charge in [-0.3, -0.25) is 19.2 Å². The van der Waals surface area contributed by atoms with Crippen LogP contribution in [0, 0.1) is 5.92 Å². The third-order valence-corrected chi connectivity index (χ3v) is 14.3. The first-order valence-corrected chi connectivity index (χ1v) is 23.3. The van der Waals surface area contributed by atoms with Crippen molar-refractivity contribution in [3.63, 3.8) is 0 Å². The first-order valence-electron chi connectivity index (χ1n) is 20.3. The highest BCUT2D eigenvalue weighted by molar-refractivity contribution is 6.72. The summed E-state index contributed by atoms with van der Waals surface area (Å²) in [6.07, 6.45) is 3.96. The number of carbonyl (C=O) groups is 2. The van der Waals surface area contributed by atoms with Crippen molar-refractivity contribution < 1.29 is 38.1 Å².